The summed E-state index contributed by atoms with van der Waals surface area (Å²) in [4.78, 5) is 15.9. The number of nitrogens with zero attached hydrogens (tertiary/aromatic N) is 3. The van der Waals surface area contributed by atoms with E-state index in [0.717, 1.165) is 43.9 Å². The highest BCUT2D eigenvalue weighted by Crippen LogP contribution is 2.35. The van der Waals surface area contributed by atoms with Gasteiger partial charge in [0.15, 0.2) is 5.75 Å². The van der Waals surface area contributed by atoms with Crippen LogP contribution in [0.25, 0.3) is 10.9 Å². The Hall–Kier alpha value is -3.24. The highest BCUT2D eigenvalue weighted by molar-refractivity contribution is 6.05. The van der Waals surface area contributed by atoms with Crippen LogP contribution in [0.3, 0.4) is 0 Å². The Bertz CT molecular complexity index is 1150. The molecule has 33 heavy (non-hydrogen) atoms. The number of rotatable bonds is 5. The number of fused-ring (bicyclic) bond motifs is 1. The molecule has 0 saturated heterocycles. The minimum atomic E-state index is -4.73. The Morgan fingerprint density at radius 2 is 1.91 bits per heavy atom. The Morgan fingerprint density at radius 1 is 1.18 bits per heavy atom. The maximum Gasteiger partial charge on any atom is 0.433 e. The van der Waals surface area contributed by atoms with Crippen molar-refractivity contribution in [2.24, 2.45) is 5.92 Å². The smallest absolute Gasteiger partial charge is 0.433 e. The first-order valence-corrected chi connectivity index (χ1v) is 10.4. The molecule has 1 aliphatic carbocycles. The zero-order valence-electron chi connectivity index (χ0n) is 17.6. The van der Waals surface area contributed by atoms with Crippen molar-refractivity contribution in [2.75, 3.05) is 5.32 Å². The van der Waals surface area contributed by atoms with E-state index >= 15 is 0 Å². The molecule has 0 unspecified atom stereocenters. The van der Waals surface area contributed by atoms with E-state index in [1.807, 2.05) is 0 Å². The van der Waals surface area contributed by atoms with E-state index in [0.29, 0.717) is 16.8 Å². The molecule has 1 aromatic carbocycles. The van der Waals surface area contributed by atoms with Crippen molar-refractivity contribution >= 4 is 22.5 Å². The summed E-state index contributed by atoms with van der Waals surface area (Å²) in [6, 6.07) is 5.74. The molecule has 1 aliphatic rings. The van der Waals surface area contributed by atoms with Gasteiger partial charge in [-0.1, -0.05) is 13.0 Å². The van der Waals surface area contributed by atoms with Gasteiger partial charge in [-0.05, 0) is 49.8 Å². The van der Waals surface area contributed by atoms with Crippen molar-refractivity contribution < 1.29 is 31.5 Å². The molecule has 176 valence electrons. The Balaban J connectivity index is 1.64. The maximum atomic E-state index is 13.0. The summed E-state index contributed by atoms with van der Waals surface area (Å²) >= 11 is 0. The van der Waals surface area contributed by atoms with Crippen molar-refractivity contribution in [2.45, 2.75) is 51.4 Å². The van der Waals surface area contributed by atoms with Gasteiger partial charge in [-0.25, -0.2) is 4.98 Å². The molecular formula is C22H21F5N4O2. The molecule has 2 aromatic heterocycles. The highest BCUT2D eigenvalue weighted by Gasteiger charge is 2.33. The number of carbonyl (C=O) groups excluding carboxylic acids is 1. The van der Waals surface area contributed by atoms with E-state index in [4.69, 9.17) is 0 Å². The fourth-order valence-electron chi connectivity index (χ4n) is 3.96. The number of anilines is 1. The minimum Gasteiger partial charge on any atom is -0.433 e. The molecule has 3 aromatic rings. The molecule has 0 spiro atoms. The van der Waals surface area contributed by atoms with Crippen LogP contribution in [0.4, 0.5) is 27.6 Å². The van der Waals surface area contributed by atoms with Gasteiger partial charge in [0.1, 0.15) is 11.4 Å². The number of hydrogen-bond acceptors (Lipinski definition) is 4. The number of pyridine rings is 1. The number of hydrogen-bond donors (Lipinski definition) is 1. The van der Waals surface area contributed by atoms with Gasteiger partial charge in [0.2, 0.25) is 0 Å². The second-order valence-electron chi connectivity index (χ2n) is 8.17. The van der Waals surface area contributed by atoms with Gasteiger partial charge in [0, 0.05) is 17.6 Å². The lowest BCUT2D eigenvalue weighted by molar-refractivity contribution is -0.141. The first kappa shape index (κ1) is 22.9. The quantitative estimate of drug-likeness (QED) is 0.463. The summed E-state index contributed by atoms with van der Waals surface area (Å²) in [7, 11) is 0. The van der Waals surface area contributed by atoms with E-state index in [9.17, 15) is 26.7 Å². The van der Waals surface area contributed by atoms with Crippen LogP contribution in [0, 0.1) is 5.92 Å². The molecule has 2 heterocycles. The summed E-state index contributed by atoms with van der Waals surface area (Å²) in [5.74, 6) is -0.697. The van der Waals surface area contributed by atoms with Gasteiger partial charge in [-0.2, -0.15) is 27.1 Å². The lowest BCUT2D eigenvalue weighted by atomic mass is 9.87. The number of halogens is 5. The van der Waals surface area contributed by atoms with Crippen molar-refractivity contribution in [3.05, 3.63) is 47.9 Å². The molecular weight excluding hydrogens is 447 g/mol. The van der Waals surface area contributed by atoms with Crippen LogP contribution in [0.5, 0.6) is 5.75 Å². The van der Waals surface area contributed by atoms with Gasteiger partial charge < -0.3 is 10.1 Å². The molecule has 0 atom stereocenters. The number of amides is 1. The zero-order chi connectivity index (χ0) is 23.8. The average Bonchev–Trinajstić information content (AvgIpc) is 3.16. The predicted molar refractivity (Wildman–Crippen MR) is 110 cm³/mol. The summed E-state index contributed by atoms with van der Waals surface area (Å²) in [5.41, 5.74) is -1.47. The zero-order valence-corrected chi connectivity index (χ0v) is 17.6. The fraction of sp³-hybridized carbons (Fsp3) is 0.409. The molecule has 0 aliphatic heterocycles. The highest BCUT2D eigenvalue weighted by atomic mass is 19.4. The number of nitrogens with one attached hydrogen (secondary N) is 1. The van der Waals surface area contributed by atoms with E-state index in [-0.39, 0.29) is 17.5 Å². The number of ether oxygens (including phenoxy) is 1. The molecule has 4 rings (SSSR count). The summed E-state index contributed by atoms with van der Waals surface area (Å²) < 4.78 is 71.0. The van der Waals surface area contributed by atoms with Crippen LogP contribution in [0.1, 0.15) is 54.8 Å². The SMILES string of the molecule is CC1CCC(n2cc3cc(NC(=O)c4cccc(C(F)(F)F)n4)c(OC(F)F)cc3n2)CC1. The third kappa shape index (κ3) is 5.23. The second kappa shape index (κ2) is 8.95. The van der Waals surface area contributed by atoms with E-state index in [2.05, 4.69) is 27.1 Å². The molecule has 0 radical (unpaired) electrons. The van der Waals surface area contributed by atoms with Crippen molar-refractivity contribution in [3.8, 4) is 5.75 Å². The van der Waals surface area contributed by atoms with Crippen molar-refractivity contribution in [3.63, 3.8) is 0 Å². The van der Waals surface area contributed by atoms with E-state index in [1.54, 1.807) is 10.9 Å². The van der Waals surface area contributed by atoms with E-state index < -0.39 is 30.1 Å². The summed E-state index contributed by atoms with van der Waals surface area (Å²) in [6.45, 7) is -0.982. The number of benzene rings is 1. The number of alkyl halides is 5. The third-order valence-electron chi connectivity index (χ3n) is 5.72. The Kier molecular flexibility index (Phi) is 6.22. The largest absolute Gasteiger partial charge is 0.433 e. The molecule has 1 N–H and O–H groups in total. The maximum absolute atomic E-state index is 13.0. The summed E-state index contributed by atoms with van der Waals surface area (Å²) in [6.07, 6.45) is 1.05. The van der Waals surface area contributed by atoms with Crippen LogP contribution in [-0.2, 0) is 6.18 Å². The van der Waals surface area contributed by atoms with Crippen LogP contribution in [0.15, 0.2) is 36.5 Å². The minimum absolute atomic E-state index is 0.121. The number of aromatic nitrogens is 3. The Morgan fingerprint density at radius 3 is 2.58 bits per heavy atom. The second-order valence-corrected chi connectivity index (χ2v) is 8.17. The topological polar surface area (TPSA) is 69.0 Å². The average molecular weight is 468 g/mol. The van der Waals surface area contributed by atoms with Crippen LogP contribution >= 0.6 is 0 Å². The molecule has 1 saturated carbocycles. The molecule has 6 nitrogen and oxygen atoms in total. The molecule has 0 bridgehead atoms. The normalized spacial score (nSPS) is 19.1. The van der Waals surface area contributed by atoms with Gasteiger partial charge in [0.25, 0.3) is 5.91 Å². The first-order chi connectivity index (χ1) is 15.6. The van der Waals surface area contributed by atoms with Gasteiger partial charge >= 0.3 is 12.8 Å². The Labute approximate surface area is 185 Å². The monoisotopic (exact) mass is 468 g/mol. The predicted octanol–water partition coefficient (Wildman–Crippen LogP) is 6.06. The van der Waals surface area contributed by atoms with Crippen molar-refractivity contribution in [1.29, 1.82) is 0 Å². The lowest BCUT2D eigenvalue weighted by Crippen LogP contribution is -2.18. The first-order valence-electron chi connectivity index (χ1n) is 10.4. The molecule has 1 fully saturated rings. The van der Waals surface area contributed by atoms with Crippen LogP contribution in [0.2, 0.25) is 0 Å². The van der Waals surface area contributed by atoms with Crippen LogP contribution in [-0.4, -0.2) is 27.3 Å². The van der Waals surface area contributed by atoms with Gasteiger partial charge in [0.05, 0.1) is 17.2 Å². The van der Waals surface area contributed by atoms with Gasteiger partial charge in [-0.3, -0.25) is 9.48 Å². The van der Waals surface area contributed by atoms with Crippen molar-refractivity contribution in [1.82, 2.24) is 14.8 Å². The van der Waals surface area contributed by atoms with E-state index in [1.165, 1.54) is 12.1 Å². The summed E-state index contributed by atoms with van der Waals surface area (Å²) in [5, 5.41) is 7.39. The fourth-order valence-corrected chi connectivity index (χ4v) is 3.96. The number of carbonyl (C=O) groups is 1. The lowest BCUT2D eigenvalue weighted by Gasteiger charge is -2.26. The van der Waals surface area contributed by atoms with Gasteiger partial charge in [-0.15, -0.1) is 0 Å². The third-order valence-corrected chi connectivity index (χ3v) is 5.72. The molecule has 1 amide bonds. The standard InChI is InChI=1S/C22H21F5N4O2/c1-12-5-7-14(8-6-12)31-11-13-9-17(18(33-21(23)24)10-16(13)30-31)29-20(32)15-3-2-4-19(28-15)22(25,26)27/h2-4,9-12,14,21H,5-8H2,1H3,(H,29,32). The van der Waals surface area contributed by atoms with Crippen LogP contribution < -0.4 is 10.1 Å². The molecule has 11 heteroatoms.